The van der Waals surface area contributed by atoms with E-state index in [1.54, 1.807) is 6.20 Å². The van der Waals surface area contributed by atoms with Gasteiger partial charge in [0, 0.05) is 9.77 Å². The van der Waals surface area contributed by atoms with E-state index in [4.69, 9.17) is 0 Å². The average molecular weight is 245 g/mol. The maximum Gasteiger partial charge on any atom is 0.108 e. The van der Waals surface area contributed by atoms with Crippen LogP contribution in [0.1, 0.15) is 0 Å². The van der Waals surface area contributed by atoms with Crippen molar-refractivity contribution in [2.24, 2.45) is 0 Å². The van der Waals surface area contributed by atoms with E-state index in [0.29, 0.717) is 0 Å². The second-order valence-electron chi connectivity index (χ2n) is 1.96. The van der Waals surface area contributed by atoms with Gasteiger partial charge in [-0.25, -0.2) is 0 Å². The minimum atomic E-state index is 0.917. The van der Waals surface area contributed by atoms with E-state index in [0.717, 1.165) is 14.6 Å². The van der Waals surface area contributed by atoms with Crippen LogP contribution in [0.15, 0.2) is 18.5 Å². The summed E-state index contributed by atoms with van der Waals surface area (Å²) in [5.74, 6) is 0. The molecule has 2 heterocycles. The first kappa shape index (κ1) is 6.09. The summed E-state index contributed by atoms with van der Waals surface area (Å²) in [7, 11) is 0. The van der Waals surface area contributed by atoms with Crippen molar-refractivity contribution in [2.75, 3.05) is 0 Å². The molecule has 0 bridgehead atoms. The predicted octanol–water partition coefficient (Wildman–Crippen LogP) is 1.56. The fourth-order valence-electron chi connectivity index (χ4n) is 0.805. The van der Waals surface area contributed by atoms with Gasteiger partial charge in [0.05, 0.1) is 11.7 Å². The quantitative estimate of drug-likeness (QED) is 0.715. The lowest BCUT2D eigenvalue weighted by Gasteiger charge is -1.87. The van der Waals surface area contributed by atoms with E-state index in [9.17, 15) is 0 Å². The molecule has 0 radical (unpaired) electrons. The highest BCUT2D eigenvalue weighted by atomic mass is 127. The van der Waals surface area contributed by atoms with Crippen molar-refractivity contribution in [1.82, 2.24) is 15.2 Å². The Morgan fingerprint density at radius 3 is 3.20 bits per heavy atom. The third kappa shape index (κ3) is 0.880. The number of pyridine rings is 1. The molecule has 0 spiro atoms. The van der Waals surface area contributed by atoms with E-state index >= 15 is 0 Å². The van der Waals surface area contributed by atoms with Crippen LogP contribution in [0.3, 0.4) is 0 Å². The molecule has 0 saturated heterocycles. The van der Waals surface area contributed by atoms with Gasteiger partial charge in [-0.1, -0.05) is 0 Å². The number of aromatic nitrogens is 3. The lowest BCUT2D eigenvalue weighted by atomic mass is 10.4. The Balaban J connectivity index is 2.86. The third-order valence-electron chi connectivity index (χ3n) is 1.26. The van der Waals surface area contributed by atoms with Gasteiger partial charge in [-0.3, -0.25) is 10.1 Å². The lowest BCUT2D eigenvalue weighted by molar-refractivity contribution is 1.12. The number of H-pyrrole nitrogens is 1. The molecule has 3 nitrogen and oxygen atoms in total. The van der Waals surface area contributed by atoms with Gasteiger partial charge in [0.15, 0.2) is 0 Å². The summed E-state index contributed by atoms with van der Waals surface area (Å²) in [4.78, 5) is 4.14. The molecule has 0 fully saturated rings. The van der Waals surface area contributed by atoms with Crippen LogP contribution >= 0.6 is 22.6 Å². The standard InChI is InChI=1S/C6H4IN3/c7-4-1-5-6(8-2-4)3-9-10-5/h1-3H,(H,9,10). The minimum Gasteiger partial charge on any atom is -0.276 e. The van der Waals surface area contributed by atoms with Gasteiger partial charge >= 0.3 is 0 Å². The van der Waals surface area contributed by atoms with Gasteiger partial charge in [-0.05, 0) is 28.7 Å². The third-order valence-corrected chi connectivity index (χ3v) is 1.85. The minimum absolute atomic E-state index is 0.917. The van der Waals surface area contributed by atoms with Gasteiger partial charge in [0.1, 0.15) is 5.52 Å². The van der Waals surface area contributed by atoms with Crippen molar-refractivity contribution in [1.29, 1.82) is 0 Å². The van der Waals surface area contributed by atoms with Gasteiger partial charge in [0.2, 0.25) is 0 Å². The number of hydrogen-bond donors (Lipinski definition) is 1. The maximum atomic E-state index is 4.14. The van der Waals surface area contributed by atoms with Crippen LogP contribution in [0, 0.1) is 3.57 Å². The Morgan fingerprint density at radius 2 is 2.30 bits per heavy atom. The molecule has 0 atom stereocenters. The SMILES string of the molecule is Ic1cnc2cn[nH]c2c1. The fourth-order valence-corrected chi connectivity index (χ4v) is 1.26. The highest BCUT2D eigenvalue weighted by Gasteiger charge is 1.94. The van der Waals surface area contributed by atoms with Crippen molar-refractivity contribution in [3.05, 3.63) is 22.0 Å². The Hall–Kier alpha value is -0.650. The van der Waals surface area contributed by atoms with Gasteiger partial charge in [0.25, 0.3) is 0 Å². The topological polar surface area (TPSA) is 41.6 Å². The average Bonchev–Trinajstić information content (AvgIpc) is 2.33. The molecule has 0 unspecified atom stereocenters. The van der Waals surface area contributed by atoms with Gasteiger partial charge in [-0.2, -0.15) is 5.10 Å². The number of halogens is 1. The molecular formula is C6H4IN3. The first-order valence-corrected chi connectivity index (χ1v) is 3.89. The van der Waals surface area contributed by atoms with Gasteiger partial charge in [-0.15, -0.1) is 0 Å². The molecular weight excluding hydrogens is 241 g/mol. The molecule has 0 aliphatic rings. The molecule has 4 heteroatoms. The summed E-state index contributed by atoms with van der Waals surface area (Å²) >= 11 is 2.22. The summed E-state index contributed by atoms with van der Waals surface area (Å²) in [5.41, 5.74) is 1.91. The Labute approximate surface area is 71.0 Å². The van der Waals surface area contributed by atoms with E-state index in [1.807, 2.05) is 12.3 Å². The van der Waals surface area contributed by atoms with Crippen LogP contribution < -0.4 is 0 Å². The van der Waals surface area contributed by atoms with E-state index in [1.165, 1.54) is 0 Å². The van der Waals surface area contributed by atoms with Crippen LogP contribution in [0.4, 0.5) is 0 Å². The zero-order valence-corrected chi connectivity index (χ0v) is 7.16. The molecule has 0 aromatic carbocycles. The molecule has 0 aliphatic heterocycles. The summed E-state index contributed by atoms with van der Waals surface area (Å²) in [6.07, 6.45) is 3.53. The summed E-state index contributed by atoms with van der Waals surface area (Å²) in [6.45, 7) is 0. The van der Waals surface area contributed by atoms with Crippen molar-refractivity contribution < 1.29 is 0 Å². The number of fused-ring (bicyclic) bond motifs is 1. The molecule has 0 aliphatic carbocycles. The van der Waals surface area contributed by atoms with Crippen molar-refractivity contribution in [3.63, 3.8) is 0 Å². The summed E-state index contributed by atoms with van der Waals surface area (Å²) < 4.78 is 1.12. The fraction of sp³-hybridized carbons (Fsp3) is 0. The molecule has 0 saturated carbocycles. The van der Waals surface area contributed by atoms with Crippen molar-refractivity contribution in [2.45, 2.75) is 0 Å². The Kier molecular flexibility index (Phi) is 1.33. The van der Waals surface area contributed by atoms with Crippen LogP contribution in [-0.4, -0.2) is 15.2 Å². The Bertz CT molecular complexity index is 355. The second-order valence-corrected chi connectivity index (χ2v) is 3.20. The number of rotatable bonds is 0. The molecule has 2 aromatic heterocycles. The lowest BCUT2D eigenvalue weighted by Crippen LogP contribution is -1.75. The molecule has 10 heavy (non-hydrogen) atoms. The Morgan fingerprint density at radius 1 is 1.40 bits per heavy atom. The largest absolute Gasteiger partial charge is 0.276 e. The number of nitrogens with one attached hydrogen (secondary N) is 1. The zero-order valence-electron chi connectivity index (χ0n) is 5.00. The summed E-state index contributed by atoms with van der Waals surface area (Å²) in [5, 5.41) is 6.69. The molecule has 2 rings (SSSR count). The number of nitrogens with zero attached hydrogens (tertiary/aromatic N) is 2. The summed E-state index contributed by atoms with van der Waals surface area (Å²) in [6, 6.07) is 2.01. The predicted molar refractivity (Wildman–Crippen MR) is 46.6 cm³/mol. The van der Waals surface area contributed by atoms with Gasteiger partial charge < -0.3 is 0 Å². The monoisotopic (exact) mass is 245 g/mol. The number of aromatic amines is 1. The molecule has 0 amide bonds. The molecule has 1 N–H and O–H groups in total. The van der Waals surface area contributed by atoms with Crippen molar-refractivity contribution in [3.8, 4) is 0 Å². The first-order valence-electron chi connectivity index (χ1n) is 2.81. The molecule has 50 valence electrons. The van der Waals surface area contributed by atoms with E-state index in [2.05, 4.69) is 37.8 Å². The van der Waals surface area contributed by atoms with Crippen LogP contribution in [0.25, 0.3) is 11.0 Å². The van der Waals surface area contributed by atoms with Crippen molar-refractivity contribution >= 4 is 33.6 Å². The van der Waals surface area contributed by atoms with E-state index < -0.39 is 0 Å². The highest BCUT2D eigenvalue weighted by molar-refractivity contribution is 14.1. The first-order chi connectivity index (χ1) is 4.86. The maximum absolute atomic E-state index is 4.14. The number of hydrogen-bond acceptors (Lipinski definition) is 2. The second kappa shape index (κ2) is 2.19. The van der Waals surface area contributed by atoms with Crippen LogP contribution in [-0.2, 0) is 0 Å². The van der Waals surface area contributed by atoms with E-state index in [-0.39, 0.29) is 0 Å². The highest BCUT2D eigenvalue weighted by Crippen LogP contribution is 2.10. The molecule has 2 aromatic rings. The van der Waals surface area contributed by atoms with Crippen LogP contribution in [0.2, 0.25) is 0 Å². The van der Waals surface area contributed by atoms with Crippen LogP contribution in [0.5, 0.6) is 0 Å². The zero-order chi connectivity index (χ0) is 6.97. The normalized spacial score (nSPS) is 10.5. The smallest absolute Gasteiger partial charge is 0.108 e.